The van der Waals surface area contributed by atoms with Gasteiger partial charge in [0, 0.05) is 29.8 Å². The van der Waals surface area contributed by atoms with Crippen molar-refractivity contribution in [2.75, 3.05) is 32.1 Å². The van der Waals surface area contributed by atoms with Crippen LogP contribution in [0.5, 0.6) is 17.2 Å². The minimum Gasteiger partial charge on any atom is -0.507 e. The molecular weight excluding hydrogens is 482 g/mol. The predicted molar refractivity (Wildman–Crippen MR) is 121 cm³/mol. The largest absolute Gasteiger partial charge is 0.507 e. The summed E-state index contributed by atoms with van der Waals surface area (Å²) in [5.41, 5.74) is 0.625. The van der Waals surface area contributed by atoms with E-state index in [-0.39, 0.29) is 53.7 Å². The van der Waals surface area contributed by atoms with Crippen LogP contribution in [0.4, 0.5) is 19.4 Å². The van der Waals surface area contributed by atoms with E-state index in [0.29, 0.717) is 25.5 Å². The van der Waals surface area contributed by atoms with Crippen molar-refractivity contribution in [2.24, 2.45) is 0 Å². The summed E-state index contributed by atoms with van der Waals surface area (Å²) >= 11 is 0. The van der Waals surface area contributed by atoms with E-state index in [1.807, 2.05) is 0 Å². The second kappa shape index (κ2) is 10.8. The number of aromatic hydroxyl groups is 1. The molecule has 1 saturated carbocycles. The Balaban J connectivity index is 1.27. The minimum atomic E-state index is -1.69. The Bertz CT molecular complexity index is 1120. The number of amides is 2. The van der Waals surface area contributed by atoms with E-state index in [1.165, 1.54) is 19.2 Å². The van der Waals surface area contributed by atoms with Crippen LogP contribution in [0.2, 0.25) is 0 Å². The molecule has 0 spiro atoms. The number of hydrogen-bond donors (Lipinski definition) is 3. The first kappa shape index (κ1) is 25.2. The van der Waals surface area contributed by atoms with Crippen LogP contribution in [0.15, 0.2) is 18.2 Å². The number of hydrogen-bond acceptors (Lipinski definition) is 8. The topological polar surface area (TPSA) is 143 Å². The zero-order valence-electron chi connectivity index (χ0n) is 19.4. The second-order valence-electron chi connectivity index (χ2n) is 8.67. The van der Waals surface area contributed by atoms with Crippen molar-refractivity contribution in [1.29, 1.82) is 0 Å². The van der Waals surface area contributed by atoms with Gasteiger partial charge in [-0.15, -0.1) is 0 Å². The van der Waals surface area contributed by atoms with Crippen LogP contribution in [0, 0.1) is 0 Å². The molecule has 4 rings (SSSR count). The lowest BCUT2D eigenvalue weighted by molar-refractivity contribution is -0.118. The molecule has 194 valence electrons. The summed E-state index contributed by atoms with van der Waals surface area (Å²) in [6, 6.07) is 4.28. The van der Waals surface area contributed by atoms with Gasteiger partial charge in [-0.25, -0.2) is 13.6 Å². The van der Waals surface area contributed by atoms with E-state index < -0.39 is 31.0 Å². The Labute approximate surface area is 204 Å². The Morgan fingerprint density at radius 2 is 2.00 bits per heavy atom. The van der Waals surface area contributed by atoms with Gasteiger partial charge in [0.25, 0.3) is 5.91 Å². The van der Waals surface area contributed by atoms with Gasteiger partial charge in [0.15, 0.2) is 31.1 Å². The third kappa shape index (κ3) is 5.66. The lowest BCUT2D eigenvalue weighted by atomic mass is 10.0. The predicted octanol–water partition coefficient (Wildman–Crippen LogP) is 2.72. The fourth-order valence-corrected chi connectivity index (χ4v) is 4.30. The van der Waals surface area contributed by atoms with Crippen molar-refractivity contribution in [2.45, 2.75) is 43.6 Å². The highest BCUT2D eigenvalue weighted by Crippen LogP contribution is 2.36. The quantitative estimate of drug-likeness (QED) is 0.462. The molecule has 2 amide bonds. The maximum absolute atomic E-state index is 13.3. The average Bonchev–Trinajstić information content (AvgIpc) is 3.58. The summed E-state index contributed by atoms with van der Waals surface area (Å²) in [5.74, 6) is -0.394. The van der Waals surface area contributed by atoms with Crippen molar-refractivity contribution >= 4 is 24.1 Å². The molecule has 3 N–H and O–H groups in total. The molecule has 11 nitrogen and oxygen atoms in total. The van der Waals surface area contributed by atoms with Crippen molar-refractivity contribution in [3.8, 4) is 17.2 Å². The number of phenols is 1. The van der Waals surface area contributed by atoms with Gasteiger partial charge >= 0.3 is 6.09 Å². The number of carbonyl (C=O) groups is 3. The Morgan fingerprint density at radius 3 is 2.69 bits per heavy atom. The number of likely N-dealkylation sites (tertiary alicyclic amines) is 1. The van der Waals surface area contributed by atoms with Gasteiger partial charge in [0.2, 0.25) is 0 Å². The highest BCUT2D eigenvalue weighted by Gasteiger charge is 2.38. The van der Waals surface area contributed by atoms with Crippen LogP contribution in [-0.2, 0) is 9.53 Å². The van der Waals surface area contributed by atoms with E-state index in [4.69, 9.17) is 14.2 Å². The van der Waals surface area contributed by atoms with E-state index in [9.17, 15) is 28.3 Å². The van der Waals surface area contributed by atoms with Gasteiger partial charge < -0.3 is 29.5 Å². The van der Waals surface area contributed by atoms with Crippen LogP contribution in [0.3, 0.4) is 0 Å². The minimum absolute atomic E-state index is 0.00599. The van der Waals surface area contributed by atoms with E-state index in [2.05, 4.69) is 15.5 Å². The second-order valence-corrected chi connectivity index (χ2v) is 8.67. The number of H-pyrrole nitrogens is 1. The number of phenolic OH excluding ortho intramolecular Hbond substituents is 1. The Morgan fingerprint density at radius 1 is 1.25 bits per heavy atom. The van der Waals surface area contributed by atoms with Crippen molar-refractivity contribution < 1.29 is 42.5 Å². The summed E-state index contributed by atoms with van der Waals surface area (Å²) in [5, 5.41) is 19.4. The third-order valence-corrected chi connectivity index (χ3v) is 6.20. The number of carbonyl (C=O) groups excluding carboxylic acids is 3. The van der Waals surface area contributed by atoms with E-state index >= 15 is 0 Å². The first-order valence-electron chi connectivity index (χ1n) is 11.3. The van der Waals surface area contributed by atoms with Gasteiger partial charge in [-0.1, -0.05) is 0 Å². The number of ether oxygens (including phenoxy) is 3. The Kier molecular flexibility index (Phi) is 7.55. The number of methoxy groups -OCH3 is 1. The van der Waals surface area contributed by atoms with E-state index in [0.717, 1.165) is 10.6 Å². The standard InChI is InChI=1S/C23H26F2N4O7/c1-34-14-5-19(31)15(10-30)20(6-14)35-11-22(32)26-21-7-18(27-28-21)12-2-3-13(4-12)36-23(33)29-8-16(24)17(25)9-29/h5-7,10,12-13,16-17,31H,2-4,8-9,11H2,1H3,(H2,26,27,28,32)/t12-,13+,16+,17+/m0/s1. The maximum atomic E-state index is 13.3. The SMILES string of the molecule is COc1cc(O)c(C=O)c(OCC(=O)Nc2cc([C@H]3CC[C@@H](OC(=O)N4C[C@@H](F)[C@H](F)C4)C3)[nH]n2)c1. The van der Waals surface area contributed by atoms with Crippen LogP contribution >= 0.6 is 0 Å². The summed E-state index contributed by atoms with van der Waals surface area (Å²) in [7, 11) is 1.38. The van der Waals surface area contributed by atoms with Crippen LogP contribution in [0.25, 0.3) is 0 Å². The zero-order chi connectivity index (χ0) is 25.8. The van der Waals surface area contributed by atoms with Crippen molar-refractivity contribution in [3.05, 3.63) is 29.5 Å². The van der Waals surface area contributed by atoms with Gasteiger partial charge in [0.1, 0.15) is 23.4 Å². The van der Waals surface area contributed by atoms with Crippen LogP contribution in [0.1, 0.15) is 41.2 Å². The normalized spacial score (nSPS) is 23.4. The third-order valence-electron chi connectivity index (χ3n) is 6.20. The molecule has 1 aliphatic carbocycles. The molecule has 1 aromatic carbocycles. The number of nitrogens with one attached hydrogen (secondary N) is 2. The molecular formula is C23H26F2N4O7. The van der Waals surface area contributed by atoms with Gasteiger partial charge in [-0.05, 0) is 19.3 Å². The summed E-state index contributed by atoms with van der Waals surface area (Å²) in [4.78, 5) is 36.8. The smallest absolute Gasteiger partial charge is 0.410 e. The number of alkyl halides is 2. The number of aromatic nitrogens is 2. The maximum Gasteiger partial charge on any atom is 0.410 e. The van der Waals surface area contributed by atoms with Crippen LogP contribution in [-0.4, -0.2) is 83.7 Å². The molecule has 0 unspecified atom stereocenters. The summed E-state index contributed by atoms with van der Waals surface area (Å²) < 4.78 is 42.5. The molecule has 4 atom stereocenters. The van der Waals surface area contributed by atoms with Crippen molar-refractivity contribution in [1.82, 2.24) is 15.1 Å². The monoisotopic (exact) mass is 508 g/mol. The highest BCUT2D eigenvalue weighted by atomic mass is 19.2. The number of rotatable bonds is 8. The summed E-state index contributed by atoms with van der Waals surface area (Å²) in [6.45, 7) is -1.06. The zero-order valence-corrected chi connectivity index (χ0v) is 19.4. The molecule has 1 aliphatic heterocycles. The lowest BCUT2D eigenvalue weighted by Gasteiger charge is -2.18. The van der Waals surface area contributed by atoms with Crippen LogP contribution < -0.4 is 14.8 Å². The number of nitrogens with zero attached hydrogens (tertiary/aromatic N) is 2. The van der Waals surface area contributed by atoms with Gasteiger partial charge in [-0.3, -0.25) is 14.7 Å². The molecule has 36 heavy (non-hydrogen) atoms. The van der Waals surface area contributed by atoms with Gasteiger partial charge in [-0.2, -0.15) is 5.10 Å². The molecule has 13 heteroatoms. The first-order valence-corrected chi connectivity index (χ1v) is 11.3. The fourth-order valence-electron chi connectivity index (χ4n) is 4.30. The number of aromatic amines is 1. The fraction of sp³-hybridized carbons (Fsp3) is 0.478. The molecule has 1 aromatic heterocycles. The molecule has 1 saturated heterocycles. The average molecular weight is 508 g/mol. The number of benzene rings is 1. The molecule has 2 fully saturated rings. The molecule has 0 radical (unpaired) electrons. The number of aldehydes is 1. The molecule has 2 aromatic rings. The highest BCUT2D eigenvalue weighted by molar-refractivity contribution is 5.91. The molecule has 2 heterocycles. The Hall–Kier alpha value is -3.90. The van der Waals surface area contributed by atoms with Gasteiger partial charge in [0.05, 0.1) is 25.8 Å². The first-order chi connectivity index (χ1) is 17.3. The van der Waals surface area contributed by atoms with Crippen molar-refractivity contribution in [3.63, 3.8) is 0 Å². The number of anilines is 1. The lowest BCUT2D eigenvalue weighted by Crippen LogP contribution is -2.32. The number of halogens is 2. The van der Waals surface area contributed by atoms with E-state index in [1.54, 1.807) is 6.07 Å². The summed E-state index contributed by atoms with van der Waals surface area (Å²) in [6.07, 6.45) is -2.28. The molecule has 0 bridgehead atoms. The molecule has 2 aliphatic rings.